The van der Waals surface area contributed by atoms with Crippen LogP contribution < -0.4 is 17.0 Å². The van der Waals surface area contributed by atoms with E-state index in [-0.39, 0.29) is 29.4 Å². The van der Waals surface area contributed by atoms with Crippen molar-refractivity contribution < 1.29 is 52.2 Å². The molecule has 44 heavy (non-hydrogen) atoms. The molecule has 6 heterocycles. The Morgan fingerprint density at radius 1 is 1.07 bits per heavy atom. The number of rotatable bonds is 10. The van der Waals surface area contributed by atoms with E-state index in [1.54, 1.807) is 0 Å². The smallest absolute Gasteiger partial charge is 0.390 e. The molecule has 9 N–H and O–H groups in total. The van der Waals surface area contributed by atoms with Gasteiger partial charge in [0.15, 0.2) is 28.9 Å². The SMILES string of the molecule is Nc1nc2c(ncn2[C@@H]2O[C@H](CO[PH](=O)O)C(O)C2OP(=O)(O)OC[C@H]2O[C@@H](n3cnc4c(N)ncnc43)CC2O)c(=O)[nH]1. The van der Waals surface area contributed by atoms with Crippen molar-refractivity contribution in [2.75, 3.05) is 24.7 Å². The number of phosphoric ester groups is 1. The first-order valence-corrected chi connectivity index (χ1v) is 15.5. The van der Waals surface area contributed by atoms with E-state index >= 15 is 0 Å². The number of aromatic nitrogens is 8. The molecule has 2 aliphatic heterocycles. The molecule has 2 saturated heterocycles. The summed E-state index contributed by atoms with van der Waals surface area (Å²) in [6, 6.07) is 0. The standard InChI is InChI=1S/C20H26N10O12P2/c21-15-11-16(24-4-23-15)29(5-25-11)10-1-7(31)8(40-10)3-39-44(36,37)42-14-13(32)9(2-38-43(34)35)41-19(14)30-6-26-12-17(30)27-20(22)28-18(12)33/h4-10,13-14,19,31-32,43H,1-3H2,(H,34,35)(H,36,37)(H2,21,23,24)(H3,22,27,28,33)/t7?,8-,9-,10-,13?,14?,19-/m1/s1. The Hall–Kier alpha value is -3.40. The number of hydrogen-bond donors (Lipinski definition) is 7. The molecule has 238 valence electrons. The van der Waals surface area contributed by atoms with Crippen LogP contribution in [0, 0.1) is 0 Å². The molecule has 0 aromatic carbocycles. The zero-order valence-corrected chi connectivity index (χ0v) is 24.1. The van der Waals surface area contributed by atoms with Crippen LogP contribution in [-0.4, -0.2) is 103 Å². The molecular weight excluding hydrogens is 634 g/mol. The zero-order valence-electron chi connectivity index (χ0n) is 22.2. The van der Waals surface area contributed by atoms with Gasteiger partial charge in [0.2, 0.25) is 5.95 Å². The van der Waals surface area contributed by atoms with Crippen molar-refractivity contribution >= 4 is 50.2 Å². The summed E-state index contributed by atoms with van der Waals surface area (Å²) in [7, 11) is -8.48. The largest absolute Gasteiger partial charge is 0.472 e. The van der Waals surface area contributed by atoms with Crippen molar-refractivity contribution in [2.24, 2.45) is 0 Å². The molecule has 4 aromatic heterocycles. The predicted molar refractivity (Wildman–Crippen MR) is 145 cm³/mol. The highest BCUT2D eigenvalue weighted by Crippen LogP contribution is 2.50. The Morgan fingerprint density at radius 3 is 2.59 bits per heavy atom. The van der Waals surface area contributed by atoms with Crippen LogP contribution in [-0.2, 0) is 32.2 Å². The second-order valence-corrected chi connectivity index (χ2v) is 12.0. The van der Waals surface area contributed by atoms with Crippen molar-refractivity contribution in [1.29, 1.82) is 0 Å². The molecule has 4 aromatic rings. The van der Waals surface area contributed by atoms with E-state index in [4.69, 9.17) is 34.9 Å². The van der Waals surface area contributed by atoms with Crippen LogP contribution >= 0.6 is 16.1 Å². The molecule has 5 unspecified atom stereocenters. The lowest BCUT2D eigenvalue weighted by Crippen LogP contribution is -2.35. The van der Waals surface area contributed by atoms with Gasteiger partial charge in [0, 0.05) is 6.42 Å². The summed E-state index contributed by atoms with van der Waals surface area (Å²) >= 11 is 0. The number of phosphoric acid groups is 1. The number of ether oxygens (including phenoxy) is 2. The summed E-state index contributed by atoms with van der Waals surface area (Å²) in [5.41, 5.74) is 11.2. The van der Waals surface area contributed by atoms with Gasteiger partial charge in [0.05, 0.1) is 32.0 Å². The van der Waals surface area contributed by atoms with Gasteiger partial charge < -0.3 is 45.5 Å². The Labute approximate surface area is 245 Å². The van der Waals surface area contributed by atoms with E-state index in [2.05, 4.69) is 34.4 Å². The van der Waals surface area contributed by atoms with Gasteiger partial charge in [-0.25, -0.2) is 24.5 Å². The number of nitrogen functional groups attached to an aromatic ring is 2. The molecule has 24 heteroatoms. The van der Waals surface area contributed by atoms with E-state index in [1.807, 2.05) is 0 Å². The first-order chi connectivity index (χ1) is 20.9. The fourth-order valence-corrected chi connectivity index (χ4v) is 6.18. The van der Waals surface area contributed by atoms with Gasteiger partial charge in [-0.2, -0.15) is 4.98 Å². The van der Waals surface area contributed by atoms with Gasteiger partial charge >= 0.3 is 16.1 Å². The average Bonchev–Trinajstić information content (AvgIpc) is 3.72. The second kappa shape index (κ2) is 11.8. The van der Waals surface area contributed by atoms with Crippen LogP contribution in [0.2, 0.25) is 0 Å². The third-order valence-electron chi connectivity index (χ3n) is 6.97. The summed E-state index contributed by atoms with van der Waals surface area (Å²) in [4.78, 5) is 54.3. The number of aliphatic hydroxyl groups excluding tert-OH is 2. The highest BCUT2D eigenvalue weighted by atomic mass is 31.2. The number of fused-ring (bicyclic) bond motifs is 2. The topological polar surface area (TPSA) is 320 Å². The molecule has 2 fully saturated rings. The number of hydrogen-bond acceptors (Lipinski definition) is 17. The van der Waals surface area contributed by atoms with E-state index in [0.717, 1.165) is 10.9 Å². The zero-order chi connectivity index (χ0) is 31.3. The van der Waals surface area contributed by atoms with E-state index in [1.165, 1.54) is 17.2 Å². The molecule has 0 spiro atoms. The average molecular weight is 660 g/mol. The Morgan fingerprint density at radius 2 is 1.82 bits per heavy atom. The minimum absolute atomic E-state index is 0.0515. The Balaban J connectivity index is 1.18. The first kappa shape index (κ1) is 30.6. The van der Waals surface area contributed by atoms with Crippen LogP contribution in [0.3, 0.4) is 0 Å². The third kappa shape index (κ3) is 5.85. The normalized spacial score (nSPS) is 29.4. The van der Waals surface area contributed by atoms with Gasteiger partial charge in [-0.05, 0) is 0 Å². The summed E-state index contributed by atoms with van der Waals surface area (Å²) in [6.45, 7) is -1.22. The molecule has 9 atom stereocenters. The minimum atomic E-state index is -5.05. The highest BCUT2D eigenvalue weighted by Gasteiger charge is 2.50. The van der Waals surface area contributed by atoms with E-state index < -0.39 is 77.8 Å². The van der Waals surface area contributed by atoms with Crippen LogP contribution in [0.4, 0.5) is 11.8 Å². The van der Waals surface area contributed by atoms with Crippen LogP contribution in [0.15, 0.2) is 23.8 Å². The maximum atomic E-state index is 13.1. The number of nitrogens with zero attached hydrogens (tertiary/aromatic N) is 7. The lowest BCUT2D eigenvalue weighted by Gasteiger charge is -2.25. The number of H-pyrrole nitrogens is 1. The van der Waals surface area contributed by atoms with Crippen molar-refractivity contribution in [3.8, 4) is 0 Å². The van der Waals surface area contributed by atoms with E-state index in [0.29, 0.717) is 11.2 Å². The summed E-state index contributed by atoms with van der Waals surface area (Å²) in [5, 5.41) is 21.5. The van der Waals surface area contributed by atoms with Crippen molar-refractivity contribution in [1.82, 2.24) is 39.0 Å². The van der Waals surface area contributed by atoms with Gasteiger partial charge in [-0.1, -0.05) is 0 Å². The van der Waals surface area contributed by atoms with Gasteiger partial charge in [-0.3, -0.25) is 32.5 Å². The van der Waals surface area contributed by atoms with Gasteiger partial charge in [0.25, 0.3) is 5.56 Å². The lowest BCUT2D eigenvalue weighted by molar-refractivity contribution is -0.0582. The number of nitrogens with one attached hydrogen (secondary N) is 1. The number of nitrogens with two attached hydrogens (primary N) is 2. The maximum Gasteiger partial charge on any atom is 0.472 e. The number of imidazole rings is 2. The maximum absolute atomic E-state index is 13.1. The van der Waals surface area contributed by atoms with Crippen molar-refractivity contribution in [3.63, 3.8) is 0 Å². The van der Waals surface area contributed by atoms with Crippen molar-refractivity contribution in [2.45, 2.75) is 49.4 Å². The molecule has 22 nitrogen and oxygen atoms in total. The molecule has 0 saturated carbocycles. The number of aliphatic hydroxyl groups is 2. The van der Waals surface area contributed by atoms with Crippen LogP contribution in [0.5, 0.6) is 0 Å². The molecule has 0 amide bonds. The van der Waals surface area contributed by atoms with E-state index in [9.17, 15) is 29.0 Å². The fraction of sp³-hybridized carbons (Fsp3) is 0.500. The quantitative estimate of drug-likeness (QED) is 0.0898. The monoisotopic (exact) mass is 660 g/mol. The predicted octanol–water partition coefficient (Wildman–Crippen LogP) is -2.07. The van der Waals surface area contributed by atoms with Crippen molar-refractivity contribution in [3.05, 3.63) is 29.3 Å². The number of anilines is 2. The lowest BCUT2D eigenvalue weighted by atomic mass is 10.1. The summed E-state index contributed by atoms with van der Waals surface area (Å²) in [6.07, 6.45) is -5.43. The molecule has 2 aliphatic rings. The van der Waals surface area contributed by atoms with Gasteiger partial charge in [-0.15, -0.1) is 0 Å². The second-order valence-electron chi connectivity index (χ2n) is 9.76. The Bertz CT molecular complexity index is 1820. The summed E-state index contributed by atoms with van der Waals surface area (Å²) in [5.74, 6) is -0.126. The molecule has 0 radical (unpaired) electrons. The van der Waals surface area contributed by atoms with Crippen LogP contribution in [0.25, 0.3) is 22.3 Å². The van der Waals surface area contributed by atoms with Gasteiger partial charge in [0.1, 0.15) is 42.5 Å². The molecule has 0 bridgehead atoms. The number of aromatic amines is 1. The minimum Gasteiger partial charge on any atom is -0.390 e. The Kier molecular flexibility index (Phi) is 8.24. The molecular formula is C20H26N10O12P2. The first-order valence-electron chi connectivity index (χ1n) is 12.8. The fourth-order valence-electron chi connectivity index (χ4n) is 4.94. The van der Waals surface area contributed by atoms with Crippen LogP contribution in [0.1, 0.15) is 18.9 Å². The summed E-state index contributed by atoms with van der Waals surface area (Å²) < 4.78 is 53.5. The third-order valence-corrected chi connectivity index (χ3v) is 8.37. The highest BCUT2D eigenvalue weighted by molar-refractivity contribution is 7.47. The molecule has 6 rings (SSSR count). The molecule has 0 aliphatic carbocycles.